The van der Waals surface area contributed by atoms with E-state index in [1.54, 1.807) is 13.0 Å². The fourth-order valence-electron chi connectivity index (χ4n) is 1.81. The molecular formula is C16H14BrFN2O3. The van der Waals surface area contributed by atoms with Gasteiger partial charge in [0.25, 0.3) is 5.91 Å². The van der Waals surface area contributed by atoms with Crippen LogP contribution in [0.5, 0.6) is 0 Å². The van der Waals surface area contributed by atoms with E-state index in [1.807, 2.05) is 0 Å². The van der Waals surface area contributed by atoms with Crippen LogP contribution in [-0.2, 0) is 9.53 Å². The summed E-state index contributed by atoms with van der Waals surface area (Å²) in [6.45, 7) is 1.70. The molecule has 0 spiro atoms. The molecule has 1 atom stereocenters. The van der Waals surface area contributed by atoms with Gasteiger partial charge in [-0.25, -0.2) is 9.18 Å². The number of nitrogens with zero attached hydrogens (tertiary/aromatic N) is 1. The second-order valence-electron chi connectivity index (χ2n) is 4.65. The van der Waals surface area contributed by atoms with Crippen LogP contribution in [0.3, 0.4) is 0 Å². The lowest BCUT2D eigenvalue weighted by atomic mass is 10.2. The Morgan fingerprint density at radius 2 is 2.00 bits per heavy atom. The maximum Gasteiger partial charge on any atom is 0.339 e. The molecule has 0 aliphatic carbocycles. The molecule has 1 unspecified atom stereocenters. The minimum atomic E-state index is -1.02. The lowest BCUT2D eigenvalue weighted by molar-refractivity contribution is -0.124. The molecule has 0 bridgehead atoms. The minimum absolute atomic E-state index is 0.0246. The van der Waals surface area contributed by atoms with Crippen LogP contribution >= 0.6 is 15.9 Å². The molecule has 1 aromatic carbocycles. The van der Waals surface area contributed by atoms with Crippen LogP contribution in [0, 0.1) is 5.82 Å². The van der Waals surface area contributed by atoms with E-state index in [0.717, 1.165) is 0 Å². The summed E-state index contributed by atoms with van der Waals surface area (Å²) in [6, 6.07) is 7.24. The fourth-order valence-corrected chi connectivity index (χ4v) is 2.14. The Morgan fingerprint density at radius 1 is 1.30 bits per heavy atom. The van der Waals surface area contributed by atoms with E-state index in [4.69, 9.17) is 4.74 Å². The average molecular weight is 381 g/mol. The standard InChI is InChI=1S/C16H14BrFN2O3/c1-2-14(23-16(22)10-5-7-19-8-6-10)15(21)20-13-4-3-11(17)9-12(13)18/h3-9,14H,2H2,1H3,(H,20,21). The van der Waals surface area contributed by atoms with Crippen molar-refractivity contribution in [3.05, 3.63) is 58.6 Å². The smallest absolute Gasteiger partial charge is 0.339 e. The Hall–Kier alpha value is -2.28. The van der Waals surface area contributed by atoms with Gasteiger partial charge < -0.3 is 10.1 Å². The third-order valence-electron chi connectivity index (χ3n) is 3.02. The van der Waals surface area contributed by atoms with Gasteiger partial charge in [-0.15, -0.1) is 0 Å². The van der Waals surface area contributed by atoms with E-state index >= 15 is 0 Å². The van der Waals surface area contributed by atoms with Gasteiger partial charge in [0, 0.05) is 16.9 Å². The highest BCUT2D eigenvalue weighted by Gasteiger charge is 2.22. The average Bonchev–Trinajstić information content (AvgIpc) is 2.55. The summed E-state index contributed by atoms with van der Waals surface area (Å²) in [6.07, 6.45) is 2.16. The summed E-state index contributed by atoms with van der Waals surface area (Å²) in [4.78, 5) is 27.9. The van der Waals surface area contributed by atoms with E-state index in [2.05, 4.69) is 26.2 Å². The highest BCUT2D eigenvalue weighted by molar-refractivity contribution is 9.10. The third-order valence-corrected chi connectivity index (χ3v) is 3.51. The molecule has 0 aliphatic rings. The van der Waals surface area contributed by atoms with Crippen molar-refractivity contribution < 1.29 is 18.7 Å². The van der Waals surface area contributed by atoms with E-state index in [0.29, 0.717) is 10.0 Å². The third kappa shape index (κ3) is 4.59. The maximum absolute atomic E-state index is 13.7. The molecule has 1 heterocycles. The molecule has 0 radical (unpaired) electrons. The number of amides is 1. The first-order valence-electron chi connectivity index (χ1n) is 6.88. The minimum Gasteiger partial charge on any atom is -0.449 e. The van der Waals surface area contributed by atoms with Gasteiger partial charge in [0.05, 0.1) is 11.3 Å². The van der Waals surface area contributed by atoms with Gasteiger partial charge in [-0.3, -0.25) is 9.78 Å². The van der Waals surface area contributed by atoms with Gasteiger partial charge in [0.2, 0.25) is 0 Å². The zero-order valence-corrected chi connectivity index (χ0v) is 13.8. The van der Waals surface area contributed by atoms with Gasteiger partial charge in [-0.1, -0.05) is 22.9 Å². The maximum atomic E-state index is 13.7. The predicted octanol–water partition coefficient (Wildman–Crippen LogP) is 3.56. The van der Waals surface area contributed by atoms with E-state index in [1.165, 1.54) is 36.7 Å². The summed E-state index contributed by atoms with van der Waals surface area (Å²) in [5.74, 6) is -1.80. The molecular weight excluding hydrogens is 367 g/mol. The van der Waals surface area contributed by atoms with Gasteiger partial charge >= 0.3 is 5.97 Å². The van der Waals surface area contributed by atoms with Gasteiger partial charge in [0.15, 0.2) is 6.10 Å². The molecule has 7 heteroatoms. The molecule has 0 saturated carbocycles. The van der Waals surface area contributed by atoms with Crippen LogP contribution in [0.4, 0.5) is 10.1 Å². The van der Waals surface area contributed by atoms with E-state index in [9.17, 15) is 14.0 Å². The SMILES string of the molecule is CCC(OC(=O)c1ccncc1)C(=O)Nc1ccc(Br)cc1F. The second kappa shape index (κ2) is 7.82. The molecule has 23 heavy (non-hydrogen) atoms. The Balaban J connectivity index is 2.05. The summed E-state index contributed by atoms with van der Waals surface area (Å²) in [5.41, 5.74) is 0.317. The number of carbonyl (C=O) groups is 2. The van der Waals surface area contributed by atoms with Crippen LogP contribution in [0.15, 0.2) is 47.2 Å². The van der Waals surface area contributed by atoms with Crippen molar-refractivity contribution in [2.45, 2.75) is 19.4 Å². The van der Waals surface area contributed by atoms with Crippen LogP contribution in [0.1, 0.15) is 23.7 Å². The number of benzene rings is 1. The Labute approximate surface area is 141 Å². The predicted molar refractivity (Wildman–Crippen MR) is 86.5 cm³/mol. The zero-order chi connectivity index (χ0) is 16.8. The number of hydrogen-bond acceptors (Lipinski definition) is 4. The number of esters is 1. The first-order valence-corrected chi connectivity index (χ1v) is 7.67. The molecule has 2 aromatic rings. The number of nitrogens with one attached hydrogen (secondary N) is 1. The van der Waals surface area contributed by atoms with Crippen molar-refractivity contribution in [3.8, 4) is 0 Å². The van der Waals surface area contributed by atoms with E-state index < -0.39 is 23.8 Å². The molecule has 5 nitrogen and oxygen atoms in total. The van der Waals surface area contributed by atoms with Gasteiger partial charge in [-0.2, -0.15) is 0 Å². The van der Waals surface area contributed by atoms with Crippen molar-refractivity contribution in [2.75, 3.05) is 5.32 Å². The Morgan fingerprint density at radius 3 is 2.61 bits per heavy atom. The number of halogens is 2. The Kier molecular flexibility index (Phi) is 5.81. The normalized spacial score (nSPS) is 11.6. The van der Waals surface area contributed by atoms with Gasteiger partial charge in [0.1, 0.15) is 5.82 Å². The molecule has 1 amide bonds. The summed E-state index contributed by atoms with van der Waals surface area (Å²) < 4.78 is 19.5. The first-order chi connectivity index (χ1) is 11.0. The van der Waals surface area contributed by atoms with Crippen LogP contribution in [-0.4, -0.2) is 23.0 Å². The first kappa shape index (κ1) is 17.1. The van der Waals surface area contributed by atoms with E-state index in [-0.39, 0.29) is 12.1 Å². The summed E-state index contributed by atoms with van der Waals surface area (Å²) >= 11 is 3.14. The highest BCUT2D eigenvalue weighted by Crippen LogP contribution is 2.20. The van der Waals surface area contributed by atoms with Crippen LogP contribution in [0.25, 0.3) is 0 Å². The number of ether oxygens (including phenoxy) is 1. The zero-order valence-electron chi connectivity index (χ0n) is 12.3. The summed E-state index contributed by atoms with van der Waals surface area (Å²) in [5, 5.41) is 2.42. The quantitative estimate of drug-likeness (QED) is 0.805. The number of pyridine rings is 1. The molecule has 120 valence electrons. The number of hydrogen-bond donors (Lipinski definition) is 1. The Bertz CT molecular complexity index is 710. The van der Waals surface area contributed by atoms with Crippen LogP contribution in [0.2, 0.25) is 0 Å². The lowest BCUT2D eigenvalue weighted by Crippen LogP contribution is -2.32. The highest BCUT2D eigenvalue weighted by atomic mass is 79.9. The number of aromatic nitrogens is 1. The number of anilines is 1. The van der Waals surface area contributed by atoms with Gasteiger partial charge in [-0.05, 0) is 36.8 Å². The molecule has 1 aromatic heterocycles. The van der Waals surface area contributed by atoms with Crippen molar-refractivity contribution >= 4 is 33.5 Å². The number of rotatable bonds is 5. The monoisotopic (exact) mass is 380 g/mol. The fraction of sp³-hybridized carbons (Fsp3) is 0.188. The largest absolute Gasteiger partial charge is 0.449 e. The van der Waals surface area contributed by atoms with Crippen molar-refractivity contribution in [3.63, 3.8) is 0 Å². The number of carbonyl (C=O) groups excluding carboxylic acids is 2. The molecule has 0 aliphatic heterocycles. The van der Waals surface area contributed by atoms with Crippen LogP contribution < -0.4 is 5.32 Å². The van der Waals surface area contributed by atoms with Crippen molar-refractivity contribution in [1.82, 2.24) is 4.98 Å². The summed E-state index contributed by atoms with van der Waals surface area (Å²) in [7, 11) is 0. The second-order valence-corrected chi connectivity index (χ2v) is 5.57. The molecule has 0 fully saturated rings. The van der Waals surface area contributed by atoms with Crippen molar-refractivity contribution in [2.24, 2.45) is 0 Å². The van der Waals surface area contributed by atoms with Crippen molar-refractivity contribution in [1.29, 1.82) is 0 Å². The lowest BCUT2D eigenvalue weighted by Gasteiger charge is -2.16. The molecule has 0 saturated heterocycles. The molecule has 2 rings (SSSR count). The molecule has 1 N–H and O–H groups in total. The topological polar surface area (TPSA) is 68.3 Å².